The van der Waals surface area contributed by atoms with E-state index in [9.17, 15) is 4.79 Å². The van der Waals surface area contributed by atoms with Crippen molar-refractivity contribution in [3.63, 3.8) is 0 Å². The lowest BCUT2D eigenvalue weighted by molar-refractivity contribution is -0.140. The van der Waals surface area contributed by atoms with Crippen molar-refractivity contribution in [2.45, 2.75) is 12.5 Å². The van der Waals surface area contributed by atoms with Crippen LogP contribution in [-0.2, 0) is 16.0 Å². The van der Waals surface area contributed by atoms with E-state index in [0.29, 0.717) is 19.6 Å². The van der Waals surface area contributed by atoms with E-state index in [1.807, 2.05) is 31.4 Å². The Kier molecular flexibility index (Phi) is 3.36. The van der Waals surface area contributed by atoms with Crippen LogP contribution in [0.5, 0.6) is 5.75 Å². The van der Waals surface area contributed by atoms with Crippen molar-refractivity contribution in [3.8, 4) is 5.75 Å². The summed E-state index contributed by atoms with van der Waals surface area (Å²) in [6.07, 6.45) is 2.29. The Labute approximate surface area is 117 Å². The summed E-state index contributed by atoms with van der Waals surface area (Å²) in [6.45, 7) is 1.29. The molecule has 2 heterocycles. The highest BCUT2D eigenvalue weighted by Crippen LogP contribution is 2.24. The summed E-state index contributed by atoms with van der Waals surface area (Å²) in [5.41, 5.74) is 2.01. The van der Waals surface area contributed by atoms with E-state index < -0.39 is 0 Å². The summed E-state index contributed by atoms with van der Waals surface area (Å²) in [5.74, 6) is 0.911. The Morgan fingerprint density at radius 1 is 1.50 bits per heavy atom. The fourth-order valence-corrected chi connectivity index (χ4v) is 2.37. The van der Waals surface area contributed by atoms with E-state index in [0.717, 1.165) is 22.2 Å². The Balaban J connectivity index is 1.81. The molecule has 106 valence electrons. The number of hydrogen-bond donors (Lipinski definition) is 1. The van der Waals surface area contributed by atoms with Crippen LogP contribution in [-0.4, -0.2) is 49.2 Å². The minimum Gasteiger partial charge on any atom is -0.497 e. The molecule has 0 aliphatic carbocycles. The molecule has 20 heavy (non-hydrogen) atoms. The molecule has 1 aromatic carbocycles. The molecule has 0 bridgehead atoms. The predicted octanol–water partition coefficient (Wildman–Crippen LogP) is 1.58. The van der Waals surface area contributed by atoms with Crippen LogP contribution in [0.3, 0.4) is 0 Å². The monoisotopic (exact) mass is 274 g/mol. The zero-order valence-electron chi connectivity index (χ0n) is 11.7. The number of hydrogen-bond acceptors (Lipinski definition) is 3. The van der Waals surface area contributed by atoms with Gasteiger partial charge in [-0.25, -0.2) is 0 Å². The number of carbonyl (C=O) groups excluding carboxylic acids is 1. The van der Waals surface area contributed by atoms with Crippen LogP contribution in [0, 0.1) is 0 Å². The molecule has 1 fully saturated rings. The molecule has 1 N–H and O–H groups in total. The molecule has 1 amide bonds. The smallest absolute Gasteiger partial charge is 0.227 e. The van der Waals surface area contributed by atoms with Crippen molar-refractivity contribution in [3.05, 3.63) is 30.0 Å². The molecule has 2 aromatic rings. The molecular weight excluding hydrogens is 256 g/mol. The van der Waals surface area contributed by atoms with Crippen LogP contribution < -0.4 is 4.74 Å². The van der Waals surface area contributed by atoms with Gasteiger partial charge in [-0.1, -0.05) is 0 Å². The van der Waals surface area contributed by atoms with Crippen molar-refractivity contribution in [1.82, 2.24) is 9.88 Å². The summed E-state index contributed by atoms with van der Waals surface area (Å²) in [5, 5.41) is 1.04. The van der Waals surface area contributed by atoms with Crippen molar-refractivity contribution >= 4 is 16.8 Å². The number of nitrogens with one attached hydrogen (secondary N) is 1. The maximum Gasteiger partial charge on any atom is 0.227 e. The van der Waals surface area contributed by atoms with Gasteiger partial charge in [-0.05, 0) is 23.8 Å². The first-order valence-electron chi connectivity index (χ1n) is 6.66. The van der Waals surface area contributed by atoms with E-state index in [1.165, 1.54) is 0 Å². The van der Waals surface area contributed by atoms with Gasteiger partial charge in [0.1, 0.15) is 5.75 Å². The number of benzene rings is 1. The molecular formula is C15H18N2O3. The molecule has 0 saturated carbocycles. The molecule has 0 unspecified atom stereocenters. The van der Waals surface area contributed by atoms with Crippen molar-refractivity contribution in [1.29, 1.82) is 0 Å². The zero-order valence-corrected chi connectivity index (χ0v) is 11.7. The van der Waals surface area contributed by atoms with Crippen molar-refractivity contribution in [2.24, 2.45) is 0 Å². The molecule has 1 aliphatic rings. The highest BCUT2D eigenvalue weighted by Gasteiger charge is 2.26. The van der Waals surface area contributed by atoms with Gasteiger partial charge in [-0.2, -0.15) is 0 Å². The first-order valence-corrected chi connectivity index (χ1v) is 6.66. The maximum atomic E-state index is 12.3. The van der Waals surface area contributed by atoms with Gasteiger partial charge in [0.2, 0.25) is 5.91 Å². The standard InChI is InChI=1S/C15H18N2O3/c1-17(11-8-20-9-11)15(18)5-10-7-16-14-4-3-12(19-2)6-13(10)14/h3-4,6-7,11,16H,5,8-9H2,1-2H3. The number of ether oxygens (including phenoxy) is 2. The second-order valence-electron chi connectivity index (χ2n) is 5.10. The van der Waals surface area contributed by atoms with Crippen LogP contribution >= 0.6 is 0 Å². The maximum absolute atomic E-state index is 12.3. The normalized spacial score (nSPS) is 15.1. The predicted molar refractivity (Wildman–Crippen MR) is 75.9 cm³/mol. The largest absolute Gasteiger partial charge is 0.497 e. The molecule has 1 aliphatic heterocycles. The van der Waals surface area contributed by atoms with Crippen LogP contribution in [0.1, 0.15) is 5.56 Å². The SMILES string of the molecule is COc1ccc2[nH]cc(CC(=O)N(C)C3COC3)c2c1. The fourth-order valence-electron chi connectivity index (χ4n) is 2.37. The van der Waals surface area contributed by atoms with E-state index in [-0.39, 0.29) is 11.9 Å². The Morgan fingerprint density at radius 2 is 2.30 bits per heavy atom. The van der Waals surface area contributed by atoms with Gasteiger partial charge >= 0.3 is 0 Å². The molecule has 5 nitrogen and oxygen atoms in total. The number of amides is 1. The van der Waals surface area contributed by atoms with Gasteiger partial charge in [0, 0.05) is 24.1 Å². The summed E-state index contributed by atoms with van der Waals surface area (Å²) in [7, 11) is 3.48. The summed E-state index contributed by atoms with van der Waals surface area (Å²) >= 11 is 0. The van der Waals surface area contributed by atoms with Crippen molar-refractivity contribution in [2.75, 3.05) is 27.4 Å². The number of likely N-dealkylation sites (N-methyl/N-ethyl adjacent to an activating group) is 1. The van der Waals surface area contributed by atoms with E-state index in [2.05, 4.69) is 4.98 Å². The van der Waals surface area contributed by atoms with Crippen LogP contribution in [0.2, 0.25) is 0 Å². The molecule has 0 atom stereocenters. The number of rotatable bonds is 4. The average Bonchev–Trinajstić information content (AvgIpc) is 2.79. The number of aromatic amines is 1. The third-order valence-electron chi connectivity index (χ3n) is 3.88. The third kappa shape index (κ3) is 2.25. The van der Waals surface area contributed by atoms with Gasteiger partial charge in [-0.15, -0.1) is 0 Å². The highest BCUT2D eigenvalue weighted by atomic mass is 16.5. The topological polar surface area (TPSA) is 54.6 Å². The Bertz CT molecular complexity index is 631. The number of H-pyrrole nitrogens is 1. The molecule has 0 spiro atoms. The Hall–Kier alpha value is -2.01. The average molecular weight is 274 g/mol. The van der Waals surface area contributed by atoms with Gasteiger partial charge < -0.3 is 19.4 Å². The first-order chi connectivity index (χ1) is 9.69. The van der Waals surface area contributed by atoms with Crippen LogP contribution in [0.4, 0.5) is 0 Å². The summed E-state index contributed by atoms with van der Waals surface area (Å²) < 4.78 is 10.4. The first kappa shape index (κ1) is 13.0. The lowest BCUT2D eigenvalue weighted by atomic mass is 10.1. The number of methoxy groups -OCH3 is 1. The number of fused-ring (bicyclic) bond motifs is 1. The van der Waals surface area contributed by atoms with Gasteiger partial charge in [0.15, 0.2) is 0 Å². The van der Waals surface area contributed by atoms with Crippen LogP contribution in [0.25, 0.3) is 10.9 Å². The van der Waals surface area contributed by atoms with E-state index in [4.69, 9.17) is 9.47 Å². The summed E-state index contributed by atoms with van der Waals surface area (Å²) in [4.78, 5) is 17.2. The highest BCUT2D eigenvalue weighted by molar-refractivity contribution is 5.89. The van der Waals surface area contributed by atoms with E-state index in [1.54, 1.807) is 12.0 Å². The number of nitrogens with zero attached hydrogens (tertiary/aromatic N) is 1. The quantitative estimate of drug-likeness (QED) is 0.921. The molecule has 1 saturated heterocycles. The van der Waals surface area contributed by atoms with Gasteiger partial charge in [0.25, 0.3) is 0 Å². The van der Waals surface area contributed by atoms with Gasteiger partial charge in [0.05, 0.1) is 32.8 Å². The Morgan fingerprint density at radius 3 is 2.95 bits per heavy atom. The third-order valence-corrected chi connectivity index (χ3v) is 3.88. The minimum atomic E-state index is 0.113. The lowest BCUT2D eigenvalue weighted by Gasteiger charge is -2.34. The molecule has 5 heteroatoms. The summed E-state index contributed by atoms with van der Waals surface area (Å²) in [6, 6.07) is 6.05. The van der Waals surface area contributed by atoms with Crippen molar-refractivity contribution < 1.29 is 14.3 Å². The van der Waals surface area contributed by atoms with Crippen LogP contribution in [0.15, 0.2) is 24.4 Å². The lowest BCUT2D eigenvalue weighted by Crippen LogP contribution is -2.50. The molecule has 0 radical (unpaired) electrons. The number of aromatic nitrogens is 1. The number of carbonyl (C=O) groups is 1. The second kappa shape index (κ2) is 5.17. The van der Waals surface area contributed by atoms with Gasteiger partial charge in [-0.3, -0.25) is 4.79 Å². The zero-order chi connectivity index (χ0) is 14.1. The molecule has 1 aromatic heterocycles. The second-order valence-corrected chi connectivity index (χ2v) is 5.10. The molecule has 3 rings (SSSR count). The van der Waals surface area contributed by atoms with E-state index >= 15 is 0 Å². The fraction of sp³-hybridized carbons (Fsp3) is 0.400. The minimum absolute atomic E-state index is 0.113.